The van der Waals surface area contributed by atoms with Crippen molar-refractivity contribution in [3.05, 3.63) is 0 Å². The largest absolute Gasteiger partial charge is 0.481 e. The number of rotatable bonds is 5. The van der Waals surface area contributed by atoms with Crippen LogP contribution in [0.15, 0.2) is 0 Å². The van der Waals surface area contributed by atoms with Gasteiger partial charge in [-0.25, -0.2) is 0 Å². The van der Waals surface area contributed by atoms with Crippen molar-refractivity contribution in [3.8, 4) is 0 Å². The Labute approximate surface area is 107 Å². The van der Waals surface area contributed by atoms with E-state index in [-0.39, 0.29) is 19.0 Å². The molecule has 104 valence electrons. The molecule has 0 aliphatic heterocycles. The van der Waals surface area contributed by atoms with Gasteiger partial charge in [-0.1, -0.05) is 0 Å². The third kappa shape index (κ3) is 2.61. The summed E-state index contributed by atoms with van der Waals surface area (Å²) in [5, 5.41) is 27.0. The van der Waals surface area contributed by atoms with Crippen LogP contribution in [0.4, 0.5) is 0 Å². The molecule has 1 saturated carbocycles. The smallest absolute Gasteiger partial charge is 0.308 e. The number of aliphatic carboxylic acids is 3. The van der Waals surface area contributed by atoms with E-state index in [4.69, 9.17) is 15.3 Å². The van der Waals surface area contributed by atoms with E-state index < -0.39 is 47.5 Å². The minimum absolute atomic E-state index is 0.147. The van der Waals surface area contributed by atoms with Crippen molar-refractivity contribution in [2.75, 3.05) is 0 Å². The fraction of sp³-hybridized carbons (Fsp3) is 0.545. The first-order valence-electron chi connectivity index (χ1n) is 5.44. The molecule has 0 amide bonds. The van der Waals surface area contributed by atoms with Gasteiger partial charge in [0.2, 0.25) is 0 Å². The van der Waals surface area contributed by atoms with Crippen LogP contribution in [0.2, 0.25) is 0 Å². The molecule has 1 rings (SSSR count). The molecule has 0 aromatic carbocycles. The summed E-state index contributed by atoms with van der Waals surface area (Å²) in [5.74, 6) is -11.9. The molecular formula is C11H12O8. The summed E-state index contributed by atoms with van der Waals surface area (Å²) < 4.78 is 0. The van der Waals surface area contributed by atoms with E-state index in [9.17, 15) is 24.0 Å². The number of carboxylic acid groups (broad SMARTS) is 3. The zero-order valence-electron chi connectivity index (χ0n) is 9.63. The third-order valence-electron chi connectivity index (χ3n) is 3.47. The van der Waals surface area contributed by atoms with E-state index in [2.05, 4.69) is 0 Å². The molecule has 5 unspecified atom stereocenters. The first-order valence-corrected chi connectivity index (χ1v) is 5.44. The van der Waals surface area contributed by atoms with Crippen molar-refractivity contribution in [2.45, 2.75) is 6.42 Å². The number of hydrogen-bond donors (Lipinski definition) is 3. The number of carbonyl (C=O) groups is 5. The van der Waals surface area contributed by atoms with Gasteiger partial charge in [-0.3, -0.25) is 14.4 Å². The van der Waals surface area contributed by atoms with Gasteiger partial charge in [0.25, 0.3) is 0 Å². The minimum atomic E-state index is -1.72. The molecule has 0 spiro atoms. The lowest BCUT2D eigenvalue weighted by Crippen LogP contribution is -2.50. The number of hydrogen-bond acceptors (Lipinski definition) is 5. The maximum Gasteiger partial charge on any atom is 0.308 e. The van der Waals surface area contributed by atoms with Crippen LogP contribution < -0.4 is 0 Å². The van der Waals surface area contributed by atoms with Gasteiger partial charge in [0.1, 0.15) is 12.6 Å². The minimum Gasteiger partial charge on any atom is -0.481 e. The second-order valence-corrected chi connectivity index (χ2v) is 4.42. The highest BCUT2D eigenvalue weighted by molar-refractivity contribution is 5.88. The molecule has 1 fully saturated rings. The summed E-state index contributed by atoms with van der Waals surface area (Å²) in [6.07, 6.45) is 0.0310. The first kappa shape index (κ1) is 14.8. The Morgan fingerprint density at radius 2 is 1.37 bits per heavy atom. The Morgan fingerprint density at radius 1 is 0.842 bits per heavy atom. The first-order chi connectivity index (χ1) is 8.84. The zero-order chi connectivity index (χ0) is 14.7. The van der Waals surface area contributed by atoms with Crippen molar-refractivity contribution < 1.29 is 39.3 Å². The van der Waals surface area contributed by atoms with Gasteiger partial charge >= 0.3 is 17.9 Å². The van der Waals surface area contributed by atoms with Crippen LogP contribution in [0.5, 0.6) is 0 Å². The molecule has 0 aromatic rings. The highest BCUT2D eigenvalue weighted by atomic mass is 16.4. The molecule has 1 aliphatic rings. The lowest BCUT2D eigenvalue weighted by atomic mass is 9.62. The van der Waals surface area contributed by atoms with Crippen molar-refractivity contribution >= 4 is 30.5 Å². The second kappa shape index (κ2) is 5.59. The highest BCUT2D eigenvalue weighted by Crippen LogP contribution is 2.41. The van der Waals surface area contributed by atoms with E-state index >= 15 is 0 Å². The summed E-state index contributed by atoms with van der Waals surface area (Å²) in [4.78, 5) is 55.1. The molecular weight excluding hydrogens is 260 g/mol. The standard InChI is InChI=1S/C11H12O8/c12-2-4-1-5(9(14)15)6(3-13)8(11(18)19)7(4)10(16)17/h2-8H,1H2,(H,14,15)(H,16,17)(H,18,19). The average molecular weight is 272 g/mol. The van der Waals surface area contributed by atoms with Crippen molar-refractivity contribution in [1.29, 1.82) is 0 Å². The van der Waals surface area contributed by atoms with Crippen LogP contribution in [0.25, 0.3) is 0 Å². The fourth-order valence-corrected chi connectivity index (χ4v) is 2.59. The number of carbonyl (C=O) groups excluding carboxylic acids is 2. The third-order valence-corrected chi connectivity index (χ3v) is 3.47. The maximum absolute atomic E-state index is 11.1. The monoisotopic (exact) mass is 272 g/mol. The van der Waals surface area contributed by atoms with E-state index in [0.29, 0.717) is 0 Å². The van der Waals surface area contributed by atoms with E-state index in [1.54, 1.807) is 0 Å². The molecule has 0 heterocycles. The molecule has 0 bridgehead atoms. The summed E-state index contributed by atoms with van der Waals surface area (Å²) in [7, 11) is 0. The molecule has 1 aliphatic carbocycles. The lowest BCUT2D eigenvalue weighted by Gasteiger charge is -2.37. The van der Waals surface area contributed by atoms with Crippen LogP contribution in [0.1, 0.15) is 6.42 Å². The fourth-order valence-electron chi connectivity index (χ4n) is 2.59. The van der Waals surface area contributed by atoms with Crippen molar-refractivity contribution in [3.63, 3.8) is 0 Å². The summed E-state index contributed by atoms with van der Waals surface area (Å²) in [6, 6.07) is 0. The van der Waals surface area contributed by atoms with Crippen LogP contribution in [-0.4, -0.2) is 45.8 Å². The van der Waals surface area contributed by atoms with Gasteiger partial charge in [0.05, 0.1) is 17.8 Å². The summed E-state index contributed by atoms with van der Waals surface area (Å²) in [6.45, 7) is 0. The average Bonchev–Trinajstić information content (AvgIpc) is 2.35. The van der Waals surface area contributed by atoms with Crippen LogP contribution >= 0.6 is 0 Å². The SMILES string of the molecule is O=CC1CC(C(=O)O)C(C=O)C(C(=O)O)C1C(=O)O. The van der Waals surface area contributed by atoms with Gasteiger partial charge < -0.3 is 24.9 Å². The molecule has 5 atom stereocenters. The molecule has 19 heavy (non-hydrogen) atoms. The Morgan fingerprint density at radius 3 is 1.68 bits per heavy atom. The van der Waals surface area contributed by atoms with Gasteiger partial charge in [0, 0.05) is 11.8 Å². The molecule has 0 aromatic heterocycles. The quantitative estimate of drug-likeness (QED) is 0.547. The lowest BCUT2D eigenvalue weighted by molar-refractivity contribution is -0.169. The summed E-state index contributed by atoms with van der Waals surface area (Å²) in [5.41, 5.74) is 0. The van der Waals surface area contributed by atoms with Crippen LogP contribution in [0.3, 0.4) is 0 Å². The van der Waals surface area contributed by atoms with Gasteiger partial charge in [-0.05, 0) is 6.42 Å². The maximum atomic E-state index is 11.1. The van der Waals surface area contributed by atoms with Crippen molar-refractivity contribution in [1.82, 2.24) is 0 Å². The van der Waals surface area contributed by atoms with Crippen LogP contribution in [-0.2, 0) is 24.0 Å². The molecule has 0 saturated heterocycles. The molecule has 0 radical (unpaired) electrons. The molecule has 8 heteroatoms. The number of aldehydes is 2. The Balaban J connectivity index is 3.30. The summed E-state index contributed by atoms with van der Waals surface area (Å²) >= 11 is 0. The predicted molar refractivity (Wildman–Crippen MR) is 57.1 cm³/mol. The zero-order valence-corrected chi connectivity index (χ0v) is 9.63. The van der Waals surface area contributed by atoms with Gasteiger partial charge in [0.15, 0.2) is 0 Å². The topological polar surface area (TPSA) is 146 Å². The number of carboxylic acids is 3. The normalized spacial score (nSPS) is 34.2. The van der Waals surface area contributed by atoms with Crippen LogP contribution in [0, 0.1) is 29.6 Å². The van der Waals surface area contributed by atoms with E-state index in [0.717, 1.165) is 0 Å². The van der Waals surface area contributed by atoms with E-state index in [1.807, 2.05) is 0 Å². The van der Waals surface area contributed by atoms with Crippen molar-refractivity contribution in [2.24, 2.45) is 29.6 Å². The van der Waals surface area contributed by atoms with Gasteiger partial charge in [-0.15, -0.1) is 0 Å². The molecule has 3 N–H and O–H groups in total. The second-order valence-electron chi connectivity index (χ2n) is 4.42. The Hall–Kier alpha value is -2.25. The van der Waals surface area contributed by atoms with E-state index in [1.165, 1.54) is 0 Å². The van der Waals surface area contributed by atoms with Gasteiger partial charge in [-0.2, -0.15) is 0 Å². The Kier molecular flexibility index (Phi) is 4.36. The highest BCUT2D eigenvalue weighted by Gasteiger charge is 2.53. The predicted octanol–water partition coefficient (Wildman–Crippen LogP) is -0.877. The Bertz CT molecular complexity index is 428. The molecule has 8 nitrogen and oxygen atoms in total.